The first kappa shape index (κ1) is 22.9. The summed E-state index contributed by atoms with van der Waals surface area (Å²) in [7, 11) is 0. The molecule has 0 aliphatic carbocycles. The van der Waals surface area contributed by atoms with Crippen molar-refractivity contribution in [3.63, 3.8) is 0 Å². The summed E-state index contributed by atoms with van der Waals surface area (Å²) in [5.74, 6) is -0.812. The minimum absolute atomic E-state index is 0.0940. The van der Waals surface area contributed by atoms with Crippen LogP contribution in [0.5, 0.6) is 0 Å². The third-order valence-corrected chi connectivity index (χ3v) is 5.64. The van der Waals surface area contributed by atoms with E-state index in [0.29, 0.717) is 13.0 Å². The van der Waals surface area contributed by atoms with Gasteiger partial charge >= 0.3 is 11.9 Å². The number of carbonyl (C=O) groups is 2. The fraction of sp³-hybridized carbons (Fsp3) is 0.905. The number of carbonyl (C=O) groups excluding carboxylic acids is 1. The first-order chi connectivity index (χ1) is 12.1. The SMILES string of the molecule is CC1(C)CCCC(C)(C)N1CCOC(=O)CCCCCCCCC(=O)O. The minimum atomic E-state index is -0.718. The molecule has 0 saturated carbocycles. The summed E-state index contributed by atoms with van der Waals surface area (Å²) in [4.78, 5) is 24.8. The molecule has 0 aromatic carbocycles. The molecule has 0 bridgehead atoms. The van der Waals surface area contributed by atoms with Crippen LogP contribution in [0, 0.1) is 0 Å². The van der Waals surface area contributed by atoms with E-state index in [4.69, 9.17) is 9.84 Å². The fourth-order valence-electron chi connectivity index (χ4n) is 4.22. The first-order valence-corrected chi connectivity index (χ1v) is 10.3. The second-order valence-corrected chi connectivity index (χ2v) is 8.87. The van der Waals surface area contributed by atoms with Gasteiger partial charge in [-0.25, -0.2) is 0 Å². The monoisotopic (exact) mass is 369 g/mol. The minimum Gasteiger partial charge on any atom is -0.481 e. The average molecular weight is 370 g/mol. The van der Waals surface area contributed by atoms with Gasteiger partial charge in [0.15, 0.2) is 0 Å². The highest BCUT2D eigenvalue weighted by atomic mass is 16.5. The Morgan fingerprint density at radius 1 is 0.885 bits per heavy atom. The van der Waals surface area contributed by atoms with Gasteiger partial charge in [-0.1, -0.05) is 25.7 Å². The van der Waals surface area contributed by atoms with Crippen LogP contribution < -0.4 is 0 Å². The predicted molar refractivity (Wildman–Crippen MR) is 104 cm³/mol. The van der Waals surface area contributed by atoms with E-state index in [1.165, 1.54) is 19.3 Å². The Morgan fingerprint density at radius 3 is 1.92 bits per heavy atom. The summed E-state index contributed by atoms with van der Waals surface area (Å²) in [5.41, 5.74) is 0.323. The van der Waals surface area contributed by atoms with Crippen LogP contribution in [0.2, 0.25) is 0 Å². The van der Waals surface area contributed by atoms with Gasteiger partial charge in [0.05, 0.1) is 0 Å². The molecular formula is C21H39NO4. The molecule has 1 saturated heterocycles. The molecule has 0 aromatic heterocycles. The number of likely N-dealkylation sites (tertiary alicyclic amines) is 1. The topological polar surface area (TPSA) is 66.8 Å². The first-order valence-electron chi connectivity index (χ1n) is 10.3. The lowest BCUT2D eigenvalue weighted by Gasteiger charge is -2.52. The van der Waals surface area contributed by atoms with E-state index in [-0.39, 0.29) is 23.5 Å². The van der Waals surface area contributed by atoms with E-state index in [1.807, 2.05) is 0 Å². The summed E-state index contributed by atoms with van der Waals surface area (Å²) < 4.78 is 5.46. The molecule has 0 radical (unpaired) electrons. The molecular weight excluding hydrogens is 330 g/mol. The summed E-state index contributed by atoms with van der Waals surface area (Å²) in [6.07, 6.45) is 10.1. The Kier molecular flexibility index (Phi) is 9.62. The van der Waals surface area contributed by atoms with Crippen molar-refractivity contribution in [3.05, 3.63) is 0 Å². The molecule has 5 nitrogen and oxygen atoms in total. The Morgan fingerprint density at radius 2 is 1.38 bits per heavy atom. The van der Waals surface area contributed by atoms with E-state index in [1.54, 1.807) is 0 Å². The van der Waals surface area contributed by atoms with Crippen molar-refractivity contribution >= 4 is 11.9 Å². The zero-order valence-corrected chi connectivity index (χ0v) is 17.3. The second kappa shape index (κ2) is 10.9. The third-order valence-electron chi connectivity index (χ3n) is 5.64. The zero-order chi connectivity index (χ0) is 19.6. The number of hydrogen-bond acceptors (Lipinski definition) is 4. The number of esters is 1. The summed E-state index contributed by atoms with van der Waals surface area (Å²) in [6.45, 7) is 10.4. The molecule has 0 spiro atoms. The van der Waals surface area contributed by atoms with Crippen LogP contribution in [-0.4, -0.2) is 46.2 Å². The van der Waals surface area contributed by atoms with Crippen molar-refractivity contribution in [2.24, 2.45) is 0 Å². The number of ether oxygens (including phenoxy) is 1. The quantitative estimate of drug-likeness (QED) is 0.396. The van der Waals surface area contributed by atoms with Crippen molar-refractivity contribution in [3.8, 4) is 0 Å². The maximum absolute atomic E-state index is 11.9. The lowest BCUT2D eigenvalue weighted by molar-refractivity contribution is -0.146. The van der Waals surface area contributed by atoms with Crippen molar-refractivity contribution in [2.75, 3.05) is 13.2 Å². The van der Waals surface area contributed by atoms with Crippen molar-refractivity contribution in [1.29, 1.82) is 0 Å². The Bertz CT molecular complexity index is 429. The van der Waals surface area contributed by atoms with E-state index in [2.05, 4.69) is 32.6 Å². The predicted octanol–water partition coefficient (Wildman–Crippen LogP) is 4.78. The van der Waals surface area contributed by atoms with Crippen molar-refractivity contribution in [2.45, 2.75) is 109 Å². The molecule has 1 rings (SSSR count). The van der Waals surface area contributed by atoms with Gasteiger partial charge in [0.25, 0.3) is 0 Å². The van der Waals surface area contributed by atoms with Crippen LogP contribution in [0.15, 0.2) is 0 Å². The lowest BCUT2D eigenvalue weighted by atomic mass is 9.80. The number of nitrogens with zero attached hydrogens (tertiary/aromatic N) is 1. The lowest BCUT2D eigenvalue weighted by Crippen LogP contribution is -2.59. The molecule has 5 heteroatoms. The number of aliphatic carboxylic acids is 1. The third kappa shape index (κ3) is 8.52. The highest BCUT2D eigenvalue weighted by Crippen LogP contribution is 2.37. The molecule has 1 N–H and O–H groups in total. The summed E-state index contributed by atoms with van der Waals surface area (Å²) >= 11 is 0. The van der Waals surface area contributed by atoms with Crippen LogP contribution in [0.4, 0.5) is 0 Å². The van der Waals surface area contributed by atoms with E-state index in [0.717, 1.165) is 45.1 Å². The van der Waals surface area contributed by atoms with Crippen LogP contribution in [0.25, 0.3) is 0 Å². The normalized spacial score (nSPS) is 19.2. The van der Waals surface area contributed by atoms with E-state index >= 15 is 0 Å². The van der Waals surface area contributed by atoms with Gasteiger partial charge in [-0.15, -0.1) is 0 Å². The number of carboxylic acids is 1. The number of hydrogen-bond donors (Lipinski definition) is 1. The maximum Gasteiger partial charge on any atom is 0.305 e. The number of piperidine rings is 1. The zero-order valence-electron chi connectivity index (χ0n) is 17.3. The van der Waals surface area contributed by atoms with Gasteiger partial charge in [-0.3, -0.25) is 14.5 Å². The van der Waals surface area contributed by atoms with E-state index < -0.39 is 5.97 Å². The van der Waals surface area contributed by atoms with Gasteiger partial charge in [0.1, 0.15) is 6.61 Å². The summed E-state index contributed by atoms with van der Waals surface area (Å²) in [5, 5.41) is 8.57. The molecule has 1 aliphatic heterocycles. The number of unbranched alkanes of at least 4 members (excludes halogenated alkanes) is 5. The molecule has 0 unspecified atom stereocenters. The highest BCUT2D eigenvalue weighted by Gasteiger charge is 2.40. The highest BCUT2D eigenvalue weighted by molar-refractivity contribution is 5.69. The van der Waals surface area contributed by atoms with Gasteiger partial charge in [0, 0.05) is 30.5 Å². The smallest absolute Gasteiger partial charge is 0.305 e. The van der Waals surface area contributed by atoms with Crippen molar-refractivity contribution in [1.82, 2.24) is 4.90 Å². The molecule has 1 aliphatic rings. The number of rotatable bonds is 12. The second-order valence-electron chi connectivity index (χ2n) is 8.87. The largest absolute Gasteiger partial charge is 0.481 e. The van der Waals surface area contributed by atoms with Gasteiger partial charge in [0.2, 0.25) is 0 Å². The molecule has 1 fully saturated rings. The Balaban J connectivity index is 2.10. The van der Waals surface area contributed by atoms with Gasteiger partial charge in [-0.05, 0) is 59.8 Å². The molecule has 26 heavy (non-hydrogen) atoms. The maximum atomic E-state index is 11.9. The van der Waals surface area contributed by atoms with Crippen LogP contribution >= 0.6 is 0 Å². The molecule has 152 valence electrons. The van der Waals surface area contributed by atoms with E-state index in [9.17, 15) is 9.59 Å². The summed E-state index contributed by atoms with van der Waals surface area (Å²) in [6, 6.07) is 0. The van der Waals surface area contributed by atoms with Crippen LogP contribution in [-0.2, 0) is 14.3 Å². The van der Waals surface area contributed by atoms with Gasteiger partial charge < -0.3 is 9.84 Å². The number of carboxylic acid groups (broad SMARTS) is 1. The molecule has 1 heterocycles. The average Bonchev–Trinajstić information content (AvgIpc) is 2.51. The van der Waals surface area contributed by atoms with Crippen molar-refractivity contribution < 1.29 is 19.4 Å². The standard InChI is InChI=1S/C21H39NO4/c1-20(2)14-11-15-21(3,4)22(20)16-17-26-19(25)13-10-8-6-5-7-9-12-18(23)24/h5-17H2,1-4H3,(H,23,24). The molecule has 0 amide bonds. The fourth-order valence-corrected chi connectivity index (χ4v) is 4.22. The van der Waals surface area contributed by atoms with Crippen LogP contribution in [0.1, 0.15) is 98.3 Å². The Labute approximate surface area is 159 Å². The van der Waals surface area contributed by atoms with Gasteiger partial charge in [-0.2, -0.15) is 0 Å². The molecule has 0 atom stereocenters. The Hall–Kier alpha value is -1.10. The van der Waals surface area contributed by atoms with Crippen LogP contribution in [0.3, 0.4) is 0 Å². The molecule has 0 aromatic rings.